The van der Waals surface area contributed by atoms with E-state index in [1.807, 2.05) is 6.92 Å². The van der Waals surface area contributed by atoms with E-state index in [-0.39, 0.29) is 21.7 Å². The number of hydrogen-bond donors (Lipinski definition) is 1. The fourth-order valence-electron chi connectivity index (χ4n) is 4.36. The van der Waals surface area contributed by atoms with Crippen LogP contribution in [0.25, 0.3) is 0 Å². The molecule has 36 heavy (non-hydrogen) atoms. The zero-order chi connectivity index (χ0) is 27.7. The van der Waals surface area contributed by atoms with Gasteiger partial charge in [0, 0.05) is 0 Å². The molecule has 0 saturated heterocycles. The van der Waals surface area contributed by atoms with Gasteiger partial charge in [-0.1, -0.05) is 0 Å². The zero-order valence-electron chi connectivity index (χ0n) is 25.3. The summed E-state index contributed by atoms with van der Waals surface area (Å²) in [5.74, 6) is 0. The molecule has 0 atom stereocenters. The number of rotatable bonds is 7. The van der Waals surface area contributed by atoms with E-state index in [0.29, 0.717) is 19.4 Å². The van der Waals surface area contributed by atoms with Gasteiger partial charge in [0.2, 0.25) is 0 Å². The Balaban J connectivity index is 2.28. The molecule has 2 aromatic carbocycles. The standard InChI is InChI=1S/C32H53O3P/c1-14-36(33,34-21-23-15-17-25(29(2,3)4)19-27(23)31(8,9)10)35-22-24-16-18-26(30(5,6)7)20-28(24)32(11,12)13/h15-20,33,36H,14,21-22H2,1-13H3. The van der Waals surface area contributed by atoms with Gasteiger partial charge in [0.05, 0.1) is 0 Å². The molecular formula is C32H53O3P. The molecule has 204 valence electrons. The zero-order valence-corrected chi connectivity index (χ0v) is 26.3. The van der Waals surface area contributed by atoms with Crippen LogP contribution in [0.15, 0.2) is 36.4 Å². The maximum atomic E-state index is 11.4. The van der Waals surface area contributed by atoms with Crippen molar-refractivity contribution in [2.45, 2.75) is 125 Å². The minimum absolute atomic E-state index is 0.0247. The Hall–Kier alpha value is -1.25. The molecular weight excluding hydrogens is 463 g/mol. The van der Waals surface area contributed by atoms with E-state index in [0.717, 1.165) is 11.1 Å². The van der Waals surface area contributed by atoms with Crippen molar-refractivity contribution in [3.8, 4) is 0 Å². The predicted octanol–water partition coefficient (Wildman–Crippen LogP) is 9.12. The molecule has 0 aliphatic rings. The van der Waals surface area contributed by atoms with Crippen molar-refractivity contribution in [3.63, 3.8) is 0 Å². The Morgan fingerprint density at radius 2 is 0.917 bits per heavy atom. The van der Waals surface area contributed by atoms with Crippen LogP contribution < -0.4 is 0 Å². The van der Waals surface area contributed by atoms with Gasteiger partial charge in [-0.3, -0.25) is 0 Å². The summed E-state index contributed by atoms with van der Waals surface area (Å²) >= 11 is 0. The van der Waals surface area contributed by atoms with E-state index in [1.54, 1.807) is 0 Å². The van der Waals surface area contributed by atoms with Gasteiger partial charge in [-0.25, -0.2) is 0 Å². The second-order valence-corrected chi connectivity index (χ2v) is 17.1. The minimum atomic E-state index is -3.35. The summed E-state index contributed by atoms with van der Waals surface area (Å²) in [6.07, 6.45) is 0.475. The van der Waals surface area contributed by atoms with E-state index in [9.17, 15) is 4.89 Å². The quantitative estimate of drug-likeness (QED) is 0.373. The Kier molecular flexibility index (Phi) is 9.34. The molecule has 0 aliphatic carbocycles. The normalized spacial score (nSPS) is 14.3. The first-order valence-corrected chi connectivity index (χ1v) is 15.4. The molecule has 0 amide bonds. The Morgan fingerprint density at radius 1 is 0.583 bits per heavy atom. The molecule has 3 nitrogen and oxygen atoms in total. The van der Waals surface area contributed by atoms with Gasteiger partial charge < -0.3 is 0 Å². The van der Waals surface area contributed by atoms with Gasteiger partial charge in [0.25, 0.3) is 0 Å². The summed E-state index contributed by atoms with van der Waals surface area (Å²) in [4.78, 5) is 11.4. The average Bonchev–Trinajstić information content (AvgIpc) is 2.73. The molecule has 0 heterocycles. The van der Waals surface area contributed by atoms with E-state index in [1.165, 1.54) is 22.3 Å². The van der Waals surface area contributed by atoms with Crippen LogP contribution in [0.2, 0.25) is 0 Å². The van der Waals surface area contributed by atoms with Crippen molar-refractivity contribution in [3.05, 3.63) is 69.8 Å². The molecule has 0 saturated carbocycles. The fraction of sp³-hybridized carbons (Fsp3) is 0.625. The average molecular weight is 517 g/mol. The van der Waals surface area contributed by atoms with Gasteiger partial charge in [0.15, 0.2) is 0 Å². The summed E-state index contributed by atoms with van der Waals surface area (Å²) in [5.41, 5.74) is 7.47. The van der Waals surface area contributed by atoms with Crippen molar-refractivity contribution in [2.24, 2.45) is 0 Å². The molecule has 1 N–H and O–H groups in total. The first-order valence-electron chi connectivity index (χ1n) is 13.5. The third kappa shape index (κ3) is 8.12. The number of benzene rings is 2. The van der Waals surface area contributed by atoms with Crippen LogP contribution in [0.5, 0.6) is 0 Å². The molecule has 2 aromatic rings. The van der Waals surface area contributed by atoms with Crippen LogP contribution in [-0.4, -0.2) is 11.1 Å². The second-order valence-electron chi connectivity index (χ2n) is 14.4. The number of hydrogen-bond acceptors (Lipinski definition) is 3. The van der Waals surface area contributed by atoms with Crippen molar-refractivity contribution in [2.75, 3.05) is 6.16 Å². The maximum absolute atomic E-state index is 11.4. The van der Waals surface area contributed by atoms with Gasteiger partial charge in [-0.2, -0.15) is 0 Å². The van der Waals surface area contributed by atoms with Crippen molar-refractivity contribution >= 4 is 7.94 Å². The van der Waals surface area contributed by atoms with Crippen LogP contribution in [0.1, 0.15) is 123 Å². The molecule has 0 bridgehead atoms. The first kappa shape index (κ1) is 31.0. The molecule has 0 spiro atoms. The third-order valence-corrected chi connectivity index (χ3v) is 9.01. The monoisotopic (exact) mass is 516 g/mol. The van der Waals surface area contributed by atoms with Crippen molar-refractivity contribution in [1.29, 1.82) is 0 Å². The molecule has 2 rings (SSSR count). The Bertz CT molecular complexity index is 948. The molecule has 0 radical (unpaired) electrons. The molecule has 0 unspecified atom stereocenters. The van der Waals surface area contributed by atoms with Crippen LogP contribution >= 0.6 is 7.94 Å². The van der Waals surface area contributed by atoms with E-state index in [4.69, 9.17) is 9.05 Å². The van der Waals surface area contributed by atoms with Gasteiger partial charge in [0.1, 0.15) is 0 Å². The molecule has 4 heteroatoms. The summed E-state index contributed by atoms with van der Waals surface area (Å²) in [5, 5.41) is 0. The fourth-order valence-corrected chi connectivity index (χ4v) is 5.61. The molecule has 0 aliphatic heterocycles. The summed E-state index contributed by atoms with van der Waals surface area (Å²) in [6.45, 7) is 29.5. The first-order chi connectivity index (χ1) is 16.2. The molecule has 0 fully saturated rings. The topological polar surface area (TPSA) is 38.7 Å². The predicted molar refractivity (Wildman–Crippen MR) is 158 cm³/mol. The van der Waals surface area contributed by atoms with Gasteiger partial charge in [-0.05, 0) is 0 Å². The summed E-state index contributed by atoms with van der Waals surface area (Å²) in [6, 6.07) is 13.3. The van der Waals surface area contributed by atoms with E-state index in [2.05, 4.69) is 119 Å². The van der Waals surface area contributed by atoms with Crippen LogP contribution in [0, 0.1) is 0 Å². The van der Waals surface area contributed by atoms with E-state index >= 15 is 0 Å². The van der Waals surface area contributed by atoms with Gasteiger partial charge >= 0.3 is 223 Å². The second kappa shape index (κ2) is 10.9. The SMILES string of the molecule is CC[PH](O)(OCc1ccc(C(C)(C)C)cc1C(C)(C)C)OCc1ccc(C(C)(C)C)cc1C(C)(C)C. The van der Waals surface area contributed by atoms with Crippen LogP contribution in [0.3, 0.4) is 0 Å². The molecule has 0 aromatic heterocycles. The summed E-state index contributed by atoms with van der Waals surface area (Å²) < 4.78 is 12.4. The third-order valence-electron chi connectivity index (χ3n) is 6.92. The van der Waals surface area contributed by atoms with Gasteiger partial charge in [-0.15, -0.1) is 0 Å². The van der Waals surface area contributed by atoms with Crippen LogP contribution in [-0.2, 0) is 43.9 Å². The summed E-state index contributed by atoms with van der Waals surface area (Å²) in [7, 11) is -3.35. The van der Waals surface area contributed by atoms with E-state index < -0.39 is 7.94 Å². The Labute approximate surface area is 222 Å². The Morgan fingerprint density at radius 3 is 1.17 bits per heavy atom. The van der Waals surface area contributed by atoms with Crippen molar-refractivity contribution < 1.29 is 13.9 Å². The van der Waals surface area contributed by atoms with Crippen LogP contribution in [0.4, 0.5) is 0 Å². The van der Waals surface area contributed by atoms with Crippen molar-refractivity contribution in [1.82, 2.24) is 0 Å².